The van der Waals surface area contributed by atoms with Crippen molar-refractivity contribution in [1.29, 1.82) is 0 Å². The summed E-state index contributed by atoms with van der Waals surface area (Å²) in [6, 6.07) is 2.58. The molecule has 1 aliphatic rings. The van der Waals surface area contributed by atoms with Crippen LogP contribution >= 0.6 is 0 Å². The quantitative estimate of drug-likeness (QED) is 0.732. The van der Waals surface area contributed by atoms with Crippen LogP contribution in [0, 0.1) is 5.92 Å². The molecule has 0 radical (unpaired) electrons. The van der Waals surface area contributed by atoms with Gasteiger partial charge < -0.3 is 10.6 Å². The molecule has 0 spiro atoms. The van der Waals surface area contributed by atoms with Crippen LogP contribution in [-0.2, 0) is 7.05 Å². The number of nitrogens with one attached hydrogen (secondary N) is 2. The largest absolute Gasteiger partial charge is 0.366 e. The van der Waals surface area contributed by atoms with Gasteiger partial charge in [0.25, 0.3) is 0 Å². The van der Waals surface area contributed by atoms with Crippen LogP contribution in [0.3, 0.4) is 0 Å². The minimum atomic E-state index is 0.561. The van der Waals surface area contributed by atoms with Crippen LogP contribution in [0.5, 0.6) is 0 Å². The van der Waals surface area contributed by atoms with Crippen molar-refractivity contribution in [1.82, 2.24) is 15.1 Å². The molecule has 2 atom stereocenters. The van der Waals surface area contributed by atoms with Gasteiger partial charge in [-0.2, -0.15) is 5.10 Å². The van der Waals surface area contributed by atoms with Crippen LogP contribution < -0.4 is 10.6 Å². The molecule has 2 N–H and O–H groups in total. The molecule has 1 aliphatic heterocycles. The van der Waals surface area contributed by atoms with E-state index < -0.39 is 0 Å². The summed E-state index contributed by atoms with van der Waals surface area (Å²) >= 11 is 0. The Morgan fingerprint density at radius 1 is 1.64 bits per heavy atom. The van der Waals surface area contributed by atoms with Crippen molar-refractivity contribution >= 4 is 5.82 Å². The zero-order chi connectivity index (χ0) is 9.97. The number of anilines is 1. The standard InChI is InChI=1S/C10H18N4/c1-8-7-11-5-3-9(8)12-10-4-6-14(2)13-10/h4,6,8-9,11H,3,5,7H2,1-2H3,(H,12,13). The molecule has 14 heavy (non-hydrogen) atoms. The first-order valence-electron chi connectivity index (χ1n) is 5.22. The topological polar surface area (TPSA) is 41.9 Å². The van der Waals surface area contributed by atoms with E-state index >= 15 is 0 Å². The van der Waals surface area contributed by atoms with E-state index in [2.05, 4.69) is 22.7 Å². The summed E-state index contributed by atoms with van der Waals surface area (Å²) in [6.07, 6.45) is 3.14. The van der Waals surface area contributed by atoms with Gasteiger partial charge in [-0.3, -0.25) is 4.68 Å². The number of rotatable bonds is 2. The molecule has 4 nitrogen and oxygen atoms in total. The number of hydrogen-bond donors (Lipinski definition) is 2. The summed E-state index contributed by atoms with van der Waals surface area (Å²) in [5.74, 6) is 1.66. The molecule has 1 fully saturated rings. The summed E-state index contributed by atoms with van der Waals surface area (Å²) in [5.41, 5.74) is 0. The zero-order valence-corrected chi connectivity index (χ0v) is 8.83. The third-order valence-corrected chi connectivity index (χ3v) is 2.83. The Hall–Kier alpha value is -1.03. The van der Waals surface area contributed by atoms with Crippen LogP contribution in [0.4, 0.5) is 5.82 Å². The Kier molecular flexibility index (Phi) is 2.72. The van der Waals surface area contributed by atoms with E-state index in [-0.39, 0.29) is 0 Å². The summed E-state index contributed by atoms with van der Waals surface area (Å²) in [7, 11) is 1.94. The van der Waals surface area contributed by atoms with Crippen LogP contribution in [-0.4, -0.2) is 28.9 Å². The average Bonchev–Trinajstić information content (AvgIpc) is 2.56. The smallest absolute Gasteiger partial charge is 0.148 e. The predicted octanol–water partition coefficient (Wildman–Crippen LogP) is 0.830. The Morgan fingerprint density at radius 2 is 2.50 bits per heavy atom. The van der Waals surface area contributed by atoms with Gasteiger partial charge in [-0.25, -0.2) is 0 Å². The van der Waals surface area contributed by atoms with Crippen LogP contribution in [0.25, 0.3) is 0 Å². The number of hydrogen-bond acceptors (Lipinski definition) is 3. The zero-order valence-electron chi connectivity index (χ0n) is 8.83. The van der Waals surface area contributed by atoms with Crippen molar-refractivity contribution in [3.63, 3.8) is 0 Å². The first kappa shape index (κ1) is 9.52. The lowest BCUT2D eigenvalue weighted by Crippen LogP contribution is -2.42. The maximum absolute atomic E-state index is 4.32. The molecular formula is C10H18N4. The van der Waals surface area contributed by atoms with Crippen molar-refractivity contribution in [3.05, 3.63) is 12.3 Å². The van der Waals surface area contributed by atoms with Crippen LogP contribution in [0.1, 0.15) is 13.3 Å². The van der Waals surface area contributed by atoms with Crippen LogP contribution in [0.15, 0.2) is 12.3 Å². The minimum absolute atomic E-state index is 0.561. The molecule has 2 rings (SSSR count). The number of nitrogens with zero attached hydrogens (tertiary/aromatic N) is 2. The molecule has 1 aromatic rings. The Morgan fingerprint density at radius 3 is 3.14 bits per heavy atom. The van der Waals surface area contributed by atoms with Gasteiger partial charge in [0.05, 0.1) is 0 Å². The normalized spacial score (nSPS) is 27.6. The number of aromatic nitrogens is 2. The molecule has 1 aromatic heterocycles. The summed E-state index contributed by atoms with van der Waals surface area (Å²) < 4.78 is 1.83. The second-order valence-corrected chi connectivity index (χ2v) is 4.10. The monoisotopic (exact) mass is 194 g/mol. The van der Waals surface area contributed by atoms with E-state index in [1.54, 1.807) is 0 Å². The van der Waals surface area contributed by atoms with Crippen molar-refractivity contribution in [2.75, 3.05) is 18.4 Å². The third-order valence-electron chi connectivity index (χ3n) is 2.83. The van der Waals surface area contributed by atoms with Crippen LogP contribution in [0.2, 0.25) is 0 Å². The predicted molar refractivity (Wildman–Crippen MR) is 57.3 cm³/mol. The highest BCUT2D eigenvalue weighted by atomic mass is 15.3. The number of aryl methyl sites for hydroxylation is 1. The van der Waals surface area contributed by atoms with Gasteiger partial charge in [-0.05, 0) is 25.4 Å². The lowest BCUT2D eigenvalue weighted by atomic mass is 9.95. The van der Waals surface area contributed by atoms with E-state index in [0.717, 1.165) is 18.9 Å². The summed E-state index contributed by atoms with van der Waals surface area (Å²) in [5, 5.41) is 11.2. The highest BCUT2D eigenvalue weighted by Gasteiger charge is 2.20. The van der Waals surface area contributed by atoms with Gasteiger partial charge in [0, 0.05) is 25.4 Å². The second kappa shape index (κ2) is 4.00. The van der Waals surface area contributed by atoms with E-state index in [4.69, 9.17) is 0 Å². The summed E-state index contributed by atoms with van der Waals surface area (Å²) in [4.78, 5) is 0. The minimum Gasteiger partial charge on any atom is -0.366 e. The third kappa shape index (κ3) is 2.07. The van der Waals surface area contributed by atoms with Gasteiger partial charge in [-0.15, -0.1) is 0 Å². The van der Waals surface area contributed by atoms with Gasteiger partial charge >= 0.3 is 0 Å². The Balaban J connectivity index is 1.95. The van der Waals surface area contributed by atoms with Gasteiger partial charge in [0.1, 0.15) is 5.82 Å². The van der Waals surface area contributed by atoms with E-state index in [1.807, 2.05) is 24.0 Å². The molecule has 0 saturated carbocycles. The maximum atomic E-state index is 4.32. The van der Waals surface area contributed by atoms with Gasteiger partial charge in [0.15, 0.2) is 0 Å². The molecular weight excluding hydrogens is 176 g/mol. The molecule has 0 aromatic carbocycles. The van der Waals surface area contributed by atoms with Crippen molar-refractivity contribution < 1.29 is 0 Å². The first-order chi connectivity index (χ1) is 6.75. The van der Waals surface area contributed by atoms with Gasteiger partial charge in [-0.1, -0.05) is 6.92 Å². The van der Waals surface area contributed by atoms with E-state index in [1.165, 1.54) is 6.42 Å². The van der Waals surface area contributed by atoms with Crippen molar-refractivity contribution in [2.24, 2.45) is 13.0 Å². The highest BCUT2D eigenvalue weighted by molar-refractivity contribution is 5.33. The fourth-order valence-electron chi connectivity index (χ4n) is 1.91. The first-order valence-corrected chi connectivity index (χ1v) is 5.22. The molecule has 2 unspecified atom stereocenters. The van der Waals surface area contributed by atoms with Gasteiger partial charge in [0.2, 0.25) is 0 Å². The average molecular weight is 194 g/mol. The van der Waals surface area contributed by atoms with E-state index in [0.29, 0.717) is 12.0 Å². The fourth-order valence-corrected chi connectivity index (χ4v) is 1.91. The molecule has 1 saturated heterocycles. The Labute approximate surface area is 84.7 Å². The molecule has 2 heterocycles. The molecule has 0 amide bonds. The Bertz CT molecular complexity index is 294. The lowest BCUT2D eigenvalue weighted by Gasteiger charge is -2.30. The second-order valence-electron chi connectivity index (χ2n) is 4.10. The van der Waals surface area contributed by atoms with E-state index in [9.17, 15) is 0 Å². The lowest BCUT2D eigenvalue weighted by molar-refractivity contribution is 0.367. The van der Waals surface area contributed by atoms with Crippen molar-refractivity contribution in [3.8, 4) is 0 Å². The highest BCUT2D eigenvalue weighted by Crippen LogP contribution is 2.15. The SMILES string of the molecule is CC1CNCCC1Nc1ccn(C)n1. The van der Waals surface area contributed by atoms with Crippen molar-refractivity contribution in [2.45, 2.75) is 19.4 Å². The summed E-state index contributed by atoms with van der Waals surface area (Å²) in [6.45, 7) is 4.48. The molecule has 0 bridgehead atoms. The number of piperidine rings is 1. The fraction of sp³-hybridized carbons (Fsp3) is 0.700. The molecule has 0 aliphatic carbocycles. The maximum Gasteiger partial charge on any atom is 0.148 e. The molecule has 78 valence electrons. The molecule has 4 heteroatoms.